The second-order valence-corrected chi connectivity index (χ2v) is 8.15. The molecule has 3 heterocycles. The molecule has 4 rings (SSSR count). The number of hydrogen-bond acceptors (Lipinski definition) is 5. The zero-order valence-corrected chi connectivity index (χ0v) is 15.3. The summed E-state index contributed by atoms with van der Waals surface area (Å²) in [6.45, 7) is 5.75. The van der Waals surface area contributed by atoms with E-state index in [1.807, 2.05) is 23.6 Å². The van der Waals surface area contributed by atoms with E-state index in [-0.39, 0.29) is 11.8 Å². The molecule has 0 bridgehead atoms. The Labute approximate surface area is 149 Å². The van der Waals surface area contributed by atoms with Crippen LogP contribution >= 0.6 is 0 Å². The lowest BCUT2D eigenvalue weighted by Gasteiger charge is -2.50. The summed E-state index contributed by atoms with van der Waals surface area (Å²) in [4.78, 5) is 21.4. The maximum Gasteiger partial charge on any atom is 0.225 e. The van der Waals surface area contributed by atoms with Crippen LogP contribution in [0.1, 0.15) is 43.8 Å². The third kappa shape index (κ3) is 3.19. The quantitative estimate of drug-likeness (QED) is 0.872. The number of piperidine rings is 2. The fourth-order valence-electron chi connectivity index (χ4n) is 4.52. The molecule has 0 spiro atoms. The van der Waals surface area contributed by atoms with E-state index in [1.54, 1.807) is 0 Å². The number of rotatable bonds is 3. The van der Waals surface area contributed by atoms with Crippen molar-refractivity contribution in [2.24, 2.45) is 18.9 Å². The minimum absolute atomic E-state index is 0.133. The van der Waals surface area contributed by atoms with Crippen LogP contribution in [0.25, 0.3) is 0 Å². The van der Waals surface area contributed by atoms with Crippen molar-refractivity contribution in [2.75, 3.05) is 26.2 Å². The summed E-state index contributed by atoms with van der Waals surface area (Å²) < 4.78 is 1.84. The molecule has 7 nitrogen and oxygen atoms in total. The molecule has 3 aliphatic rings. The molecule has 3 fully saturated rings. The summed E-state index contributed by atoms with van der Waals surface area (Å²) in [5, 5.41) is 15.4. The SMILES string of the molecule is Cc1nc(CN2CC[C@@]3(O)CCN(C(=O)C4CCC4)C[C@H]3C2)n(C)n1. The minimum atomic E-state index is -0.608. The van der Waals surface area contributed by atoms with E-state index in [1.165, 1.54) is 6.42 Å². The van der Waals surface area contributed by atoms with Gasteiger partial charge in [-0.1, -0.05) is 6.42 Å². The van der Waals surface area contributed by atoms with Crippen LogP contribution in [0.4, 0.5) is 0 Å². The van der Waals surface area contributed by atoms with Crippen LogP contribution < -0.4 is 0 Å². The lowest BCUT2D eigenvalue weighted by Crippen LogP contribution is -2.61. The Morgan fingerprint density at radius 3 is 2.68 bits per heavy atom. The van der Waals surface area contributed by atoms with Crippen molar-refractivity contribution in [1.29, 1.82) is 0 Å². The average Bonchev–Trinajstić information content (AvgIpc) is 2.83. The molecule has 138 valence electrons. The van der Waals surface area contributed by atoms with Crippen LogP contribution in [0, 0.1) is 18.8 Å². The van der Waals surface area contributed by atoms with Gasteiger partial charge >= 0.3 is 0 Å². The van der Waals surface area contributed by atoms with E-state index < -0.39 is 5.60 Å². The third-order valence-corrected chi connectivity index (χ3v) is 6.45. The van der Waals surface area contributed by atoms with Gasteiger partial charge in [-0.3, -0.25) is 14.4 Å². The van der Waals surface area contributed by atoms with Crippen LogP contribution in [0.2, 0.25) is 0 Å². The Balaban J connectivity index is 1.41. The minimum Gasteiger partial charge on any atom is -0.389 e. The summed E-state index contributed by atoms with van der Waals surface area (Å²) in [5.41, 5.74) is -0.608. The number of carbonyl (C=O) groups is 1. The van der Waals surface area contributed by atoms with Gasteiger partial charge in [-0.05, 0) is 32.6 Å². The van der Waals surface area contributed by atoms with E-state index in [2.05, 4.69) is 15.0 Å². The topological polar surface area (TPSA) is 74.5 Å². The number of aliphatic hydroxyl groups is 1. The molecule has 1 amide bonds. The first kappa shape index (κ1) is 17.0. The summed E-state index contributed by atoms with van der Waals surface area (Å²) in [6, 6.07) is 0. The van der Waals surface area contributed by atoms with E-state index in [4.69, 9.17) is 0 Å². The highest BCUT2D eigenvalue weighted by Gasteiger charge is 2.46. The number of amides is 1. The third-order valence-electron chi connectivity index (χ3n) is 6.45. The molecule has 0 aromatic carbocycles. The van der Waals surface area contributed by atoms with Crippen molar-refractivity contribution >= 4 is 5.91 Å². The highest BCUT2D eigenvalue weighted by molar-refractivity contribution is 5.79. The fourth-order valence-corrected chi connectivity index (χ4v) is 4.52. The van der Waals surface area contributed by atoms with Crippen molar-refractivity contribution < 1.29 is 9.90 Å². The van der Waals surface area contributed by atoms with Gasteiger partial charge in [0.1, 0.15) is 11.6 Å². The molecule has 1 N–H and O–H groups in total. The second kappa shape index (κ2) is 6.36. The van der Waals surface area contributed by atoms with Crippen molar-refractivity contribution in [3.63, 3.8) is 0 Å². The molecular formula is C18H29N5O2. The van der Waals surface area contributed by atoms with E-state index in [0.717, 1.165) is 50.5 Å². The first-order valence-corrected chi connectivity index (χ1v) is 9.55. The Bertz CT molecular complexity index is 656. The molecule has 1 aromatic rings. The van der Waals surface area contributed by atoms with E-state index >= 15 is 0 Å². The molecule has 1 aliphatic carbocycles. The number of carbonyl (C=O) groups excluding carboxylic acids is 1. The van der Waals surface area contributed by atoms with Gasteiger partial charge < -0.3 is 10.0 Å². The Hall–Kier alpha value is -1.47. The van der Waals surface area contributed by atoms with Gasteiger partial charge in [0.2, 0.25) is 5.91 Å². The first-order valence-electron chi connectivity index (χ1n) is 9.55. The van der Waals surface area contributed by atoms with Crippen LogP contribution in [0.3, 0.4) is 0 Å². The number of likely N-dealkylation sites (tertiary alicyclic amines) is 2. The first-order chi connectivity index (χ1) is 11.9. The van der Waals surface area contributed by atoms with Gasteiger partial charge in [-0.25, -0.2) is 4.98 Å². The molecule has 2 atom stereocenters. The number of aryl methyl sites for hydroxylation is 2. The highest BCUT2D eigenvalue weighted by Crippen LogP contribution is 2.37. The average molecular weight is 347 g/mol. The lowest BCUT2D eigenvalue weighted by atomic mass is 9.75. The van der Waals surface area contributed by atoms with Crippen LogP contribution in [0.15, 0.2) is 0 Å². The van der Waals surface area contributed by atoms with Crippen molar-refractivity contribution in [3.8, 4) is 0 Å². The largest absolute Gasteiger partial charge is 0.389 e. The molecule has 0 unspecified atom stereocenters. The van der Waals surface area contributed by atoms with E-state index in [0.29, 0.717) is 25.4 Å². The van der Waals surface area contributed by atoms with Crippen LogP contribution in [0.5, 0.6) is 0 Å². The summed E-state index contributed by atoms with van der Waals surface area (Å²) in [6.07, 6.45) is 4.76. The summed E-state index contributed by atoms with van der Waals surface area (Å²) in [7, 11) is 1.93. The zero-order valence-electron chi connectivity index (χ0n) is 15.3. The van der Waals surface area contributed by atoms with Gasteiger partial charge in [0.25, 0.3) is 0 Å². The maximum atomic E-state index is 12.6. The monoisotopic (exact) mass is 347 g/mol. The number of hydrogen-bond donors (Lipinski definition) is 1. The van der Waals surface area contributed by atoms with Gasteiger partial charge in [0.05, 0.1) is 12.1 Å². The molecule has 2 aliphatic heterocycles. The predicted octanol–water partition coefficient (Wildman–Crippen LogP) is 0.709. The summed E-state index contributed by atoms with van der Waals surface area (Å²) >= 11 is 0. The standard InChI is InChI=1S/C18H29N5O2/c1-13-19-16(21(2)20-13)12-22-8-6-18(25)7-9-23(11-15(18)10-22)17(24)14-4-3-5-14/h14-15,25H,3-12H2,1-2H3/t15-,18-/m1/s1. The molecule has 1 saturated carbocycles. The summed E-state index contributed by atoms with van der Waals surface area (Å²) in [5.74, 6) is 2.44. The normalized spacial score (nSPS) is 30.8. The Morgan fingerprint density at radius 1 is 1.28 bits per heavy atom. The number of fused-ring (bicyclic) bond motifs is 1. The highest BCUT2D eigenvalue weighted by atomic mass is 16.3. The van der Waals surface area contributed by atoms with Gasteiger partial charge in [0, 0.05) is 45.1 Å². The van der Waals surface area contributed by atoms with Crippen molar-refractivity contribution in [3.05, 3.63) is 11.6 Å². The van der Waals surface area contributed by atoms with Gasteiger partial charge in [-0.15, -0.1) is 0 Å². The second-order valence-electron chi connectivity index (χ2n) is 8.15. The van der Waals surface area contributed by atoms with Gasteiger partial charge in [0.15, 0.2) is 0 Å². The molecule has 0 radical (unpaired) electrons. The zero-order chi connectivity index (χ0) is 17.6. The number of nitrogens with zero attached hydrogens (tertiary/aromatic N) is 5. The maximum absolute atomic E-state index is 12.6. The molecule has 2 saturated heterocycles. The van der Waals surface area contributed by atoms with E-state index in [9.17, 15) is 9.90 Å². The Morgan fingerprint density at radius 2 is 2.04 bits per heavy atom. The molecule has 1 aromatic heterocycles. The smallest absolute Gasteiger partial charge is 0.225 e. The van der Waals surface area contributed by atoms with Crippen molar-refractivity contribution in [2.45, 2.75) is 51.2 Å². The fraction of sp³-hybridized carbons (Fsp3) is 0.833. The van der Waals surface area contributed by atoms with Gasteiger partial charge in [-0.2, -0.15) is 5.10 Å². The van der Waals surface area contributed by atoms with Crippen LogP contribution in [-0.4, -0.2) is 67.4 Å². The molecule has 7 heteroatoms. The number of aromatic nitrogens is 3. The predicted molar refractivity (Wildman–Crippen MR) is 92.6 cm³/mol. The molecular weight excluding hydrogens is 318 g/mol. The molecule has 25 heavy (non-hydrogen) atoms. The Kier molecular flexibility index (Phi) is 4.32. The van der Waals surface area contributed by atoms with Crippen LogP contribution in [-0.2, 0) is 18.4 Å². The van der Waals surface area contributed by atoms with Crippen molar-refractivity contribution in [1.82, 2.24) is 24.6 Å². The lowest BCUT2D eigenvalue weighted by molar-refractivity contribution is -0.153.